The lowest BCUT2D eigenvalue weighted by Gasteiger charge is -2.13. The van der Waals surface area contributed by atoms with Crippen LogP contribution >= 0.6 is 0 Å². The number of rotatable bonds is 4. The molecule has 2 aromatic carbocycles. The Kier molecular flexibility index (Phi) is 3.96. The van der Waals surface area contributed by atoms with E-state index in [1.165, 1.54) is 17.0 Å². The third kappa shape index (κ3) is 3.05. The maximum atomic E-state index is 12.6. The molecule has 0 spiro atoms. The van der Waals surface area contributed by atoms with E-state index < -0.39 is 14.9 Å². The van der Waals surface area contributed by atoms with Gasteiger partial charge in [-0.1, -0.05) is 6.07 Å². The minimum absolute atomic E-state index is 0.0652. The fourth-order valence-electron chi connectivity index (χ4n) is 2.74. The van der Waals surface area contributed by atoms with Crippen molar-refractivity contribution in [3.63, 3.8) is 0 Å². The monoisotopic (exact) mass is 361 g/mol. The zero-order valence-corrected chi connectivity index (χ0v) is 14.3. The number of non-ortho nitro benzene ring substituents is 1. The van der Waals surface area contributed by atoms with Crippen molar-refractivity contribution in [2.45, 2.75) is 18.2 Å². The number of nitrogens with one attached hydrogen (secondary N) is 1. The van der Waals surface area contributed by atoms with Crippen LogP contribution in [0.15, 0.2) is 41.3 Å². The molecule has 1 N–H and O–H groups in total. The maximum Gasteiger partial charge on any atom is 0.270 e. The van der Waals surface area contributed by atoms with Gasteiger partial charge in [0.1, 0.15) is 0 Å². The van der Waals surface area contributed by atoms with E-state index in [-0.39, 0.29) is 22.9 Å². The Hall–Kier alpha value is -2.94. The molecule has 0 atom stereocenters. The van der Waals surface area contributed by atoms with Crippen molar-refractivity contribution in [2.75, 3.05) is 16.7 Å². The first-order valence-electron chi connectivity index (χ1n) is 7.36. The van der Waals surface area contributed by atoms with Crippen molar-refractivity contribution < 1.29 is 18.1 Å². The summed E-state index contributed by atoms with van der Waals surface area (Å²) in [5.41, 5.74) is 1.86. The Morgan fingerprint density at radius 1 is 1.20 bits per heavy atom. The Morgan fingerprint density at radius 2 is 1.92 bits per heavy atom. The number of fused-ring (bicyclic) bond motifs is 1. The Labute approximate surface area is 144 Å². The first-order valence-corrected chi connectivity index (χ1v) is 8.85. The van der Waals surface area contributed by atoms with Gasteiger partial charge in [0.15, 0.2) is 0 Å². The lowest BCUT2D eigenvalue weighted by Crippen LogP contribution is -2.20. The van der Waals surface area contributed by atoms with E-state index in [1.807, 2.05) is 0 Å². The molecule has 0 unspecified atom stereocenters. The van der Waals surface area contributed by atoms with Gasteiger partial charge in [-0.25, -0.2) is 8.42 Å². The summed E-state index contributed by atoms with van der Waals surface area (Å²) in [7, 11) is -2.34. The van der Waals surface area contributed by atoms with Crippen LogP contribution in [0, 0.1) is 17.0 Å². The number of aryl methyl sites for hydroxylation is 1. The second-order valence-corrected chi connectivity index (χ2v) is 7.44. The van der Waals surface area contributed by atoms with E-state index >= 15 is 0 Å². The van der Waals surface area contributed by atoms with Crippen LogP contribution in [0.1, 0.15) is 11.1 Å². The number of amides is 1. The number of carbonyl (C=O) groups excluding carboxylic acids is 1. The summed E-state index contributed by atoms with van der Waals surface area (Å²) < 4.78 is 27.7. The van der Waals surface area contributed by atoms with E-state index in [2.05, 4.69) is 4.72 Å². The average Bonchev–Trinajstić information content (AvgIpc) is 2.81. The molecule has 0 fully saturated rings. The fraction of sp³-hybridized carbons (Fsp3) is 0.188. The van der Waals surface area contributed by atoms with Crippen molar-refractivity contribution >= 4 is 33.0 Å². The number of hydrogen-bond donors (Lipinski definition) is 1. The Morgan fingerprint density at radius 3 is 2.60 bits per heavy atom. The number of hydrogen-bond acceptors (Lipinski definition) is 5. The fourth-order valence-corrected chi connectivity index (χ4v) is 4.05. The predicted octanol–water partition coefficient (Wildman–Crippen LogP) is 2.22. The summed E-state index contributed by atoms with van der Waals surface area (Å²) in [4.78, 5) is 23.3. The number of nitrogens with zero attached hydrogens (tertiary/aromatic N) is 2. The second kappa shape index (κ2) is 5.85. The predicted molar refractivity (Wildman–Crippen MR) is 92.2 cm³/mol. The van der Waals surface area contributed by atoms with E-state index in [9.17, 15) is 23.3 Å². The van der Waals surface area contributed by atoms with Crippen LogP contribution in [0.5, 0.6) is 0 Å². The summed E-state index contributed by atoms with van der Waals surface area (Å²) in [5, 5.41) is 10.9. The normalized spacial score (nSPS) is 13.7. The molecule has 25 heavy (non-hydrogen) atoms. The second-order valence-electron chi connectivity index (χ2n) is 5.79. The maximum absolute atomic E-state index is 12.6. The third-order valence-electron chi connectivity index (χ3n) is 4.08. The van der Waals surface area contributed by atoms with Gasteiger partial charge < -0.3 is 4.90 Å². The van der Waals surface area contributed by atoms with Crippen LogP contribution < -0.4 is 9.62 Å². The van der Waals surface area contributed by atoms with Crippen molar-refractivity contribution in [1.82, 2.24) is 0 Å². The zero-order valence-electron chi connectivity index (χ0n) is 13.5. The van der Waals surface area contributed by atoms with Crippen LogP contribution in [0.3, 0.4) is 0 Å². The highest BCUT2D eigenvalue weighted by molar-refractivity contribution is 7.92. The first kappa shape index (κ1) is 16.9. The number of carbonyl (C=O) groups is 1. The molecule has 3 rings (SSSR count). The SMILES string of the molecule is Cc1ccc([N+](=O)[O-])cc1S(=O)(=O)Nc1ccc2c(c1)CC(=O)N2C. The molecule has 2 aromatic rings. The highest BCUT2D eigenvalue weighted by Crippen LogP contribution is 2.31. The van der Waals surface area contributed by atoms with Crippen molar-refractivity contribution in [3.8, 4) is 0 Å². The highest BCUT2D eigenvalue weighted by Gasteiger charge is 2.25. The lowest BCUT2D eigenvalue weighted by molar-refractivity contribution is -0.385. The number of benzene rings is 2. The van der Waals surface area contributed by atoms with Crippen LogP contribution in [0.4, 0.5) is 17.1 Å². The molecule has 0 saturated carbocycles. The first-order chi connectivity index (χ1) is 11.7. The van der Waals surface area contributed by atoms with Gasteiger partial charge in [0.05, 0.1) is 16.2 Å². The number of nitro benzene ring substituents is 1. The summed E-state index contributed by atoms with van der Waals surface area (Å²) in [6.07, 6.45) is 0.206. The molecule has 130 valence electrons. The minimum Gasteiger partial charge on any atom is -0.315 e. The molecule has 1 heterocycles. The van der Waals surface area contributed by atoms with Gasteiger partial charge in [-0.3, -0.25) is 19.6 Å². The van der Waals surface area contributed by atoms with Crippen molar-refractivity contribution in [3.05, 3.63) is 57.6 Å². The van der Waals surface area contributed by atoms with E-state index in [1.54, 1.807) is 32.2 Å². The van der Waals surface area contributed by atoms with E-state index in [4.69, 9.17) is 0 Å². The molecule has 1 aliphatic rings. The van der Waals surface area contributed by atoms with Crippen LogP contribution in [0.25, 0.3) is 0 Å². The van der Waals surface area contributed by atoms with Gasteiger partial charge in [-0.15, -0.1) is 0 Å². The number of sulfonamides is 1. The molecule has 8 nitrogen and oxygen atoms in total. The lowest BCUT2D eigenvalue weighted by atomic mass is 10.1. The van der Waals surface area contributed by atoms with Gasteiger partial charge in [0.25, 0.3) is 15.7 Å². The quantitative estimate of drug-likeness (QED) is 0.663. The summed E-state index contributed by atoms with van der Waals surface area (Å²) >= 11 is 0. The molecular formula is C16H15N3O5S. The number of nitro groups is 1. The molecule has 0 saturated heterocycles. The van der Waals surface area contributed by atoms with Gasteiger partial charge in [0, 0.05) is 30.6 Å². The number of likely N-dealkylation sites (N-methyl/N-ethyl adjacent to an activating group) is 1. The molecule has 1 amide bonds. The number of anilines is 2. The van der Waals surface area contributed by atoms with Gasteiger partial charge in [-0.2, -0.15) is 0 Å². The van der Waals surface area contributed by atoms with E-state index in [0.29, 0.717) is 11.3 Å². The average molecular weight is 361 g/mol. The molecule has 0 aromatic heterocycles. The van der Waals surface area contributed by atoms with Crippen LogP contribution in [-0.2, 0) is 21.2 Å². The molecular weight excluding hydrogens is 346 g/mol. The van der Waals surface area contributed by atoms with Gasteiger partial charge in [-0.05, 0) is 36.2 Å². The topological polar surface area (TPSA) is 110 Å². The largest absolute Gasteiger partial charge is 0.315 e. The molecule has 0 radical (unpaired) electrons. The van der Waals surface area contributed by atoms with Crippen LogP contribution in [-0.4, -0.2) is 26.3 Å². The van der Waals surface area contributed by atoms with E-state index in [0.717, 1.165) is 17.3 Å². The van der Waals surface area contributed by atoms with Crippen LogP contribution in [0.2, 0.25) is 0 Å². The summed E-state index contributed by atoms with van der Waals surface area (Å²) in [6, 6.07) is 8.49. The minimum atomic E-state index is -4.00. The highest BCUT2D eigenvalue weighted by atomic mass is 32.2. The smallest absolute Gasteiger partial charge is 0.270 e. The Bertz CT molecular complexity index is 1000. The molecule has 1 aliphatic heterocycles. The Balaban J connectivity index is 1.96. The molecule has 0 bridgehead atoms. The zero-order chi connectivity index (χ0) is 18.4. The molecule has 0 aliphatic carbocycles. The molecule has 9 heteroatoms. The van der Waals surface area contributed by atoms with Crippen molar-refractivity contribution in [1.29, 1.82) is 0 Å². The summed E-state index contributed by atoms with van der Waals surface area (Å²) in [6.45, 7) is 1.56. The van der Waals surface area contributed by atoms with Crippen molar-refractivity contribution in [2.24, 2.45) is 0 Å². The standard InChI is InChI=1S/C16H15N3O5S/c1-10-3-5-13(19(21)22)9-15(10)25(23,24)17-12-4-6-14-11(7-12)8-16(20)18(14)2/h3-7,9,17H,8H2,1-2H3. The third-order valence-corrected chi connectivity index (χ3v) is 5.60. The van der Waals surface area contributed by atoms with Gasteiger partial charge >= 0.3 is 0 Å². The summed E-state index contributed by atoms with van der Waals surface area (Å²) in [5.74, 6) is -0.0652. The van der Waals surface area contributed by atoms with Gasteiger partial charge in [0.2, 0.25) is 5.91 Å².